The number of nitrogens with one attached hydrogen (secondary N) is 1. The van der Waals surface area contributed by atoms with Crippen molar-refractivity contribution in [2.24, 2.45) is 5.92 Å². The molecule has 1 aromatic rings. The molecule has 0 fully saturated rings. The molecule has 106 valence electrons. The molecule has 0 spiro atoms. The first-order valence-electron chi connectivity index (χ1n) is 6.72. The van der Waals surface area contributed by atoms with E-state index in [1.165, 1.54) is 17.5 Å². The predicted molar refractivity (Wildman–Crippen MR) is 81.1 cm³/mol. The molecule has 0 amide bonds. The van der Waals surface area contributed by atoms with E-state index in [0.29, 0.717) is 12.0 Å². The molecule has 2 atom stereocenters. The second-order valence-corrected chi connectivity index (χ2v) is 6.06. The predicted octanol–water partition coefficient (Wildman–Crippen LogP) is 3.70. The van der Waals surface area contributed by atoms with Crippen molar-refractivity contribution in [2.75, 3.05) is 21.3 Å². The molecule has 4 heteroatoms. The monoisotopic (exact) mass is 327 g/mol. The molecule has 0 saturated heterocycles. The highest BCUT2D eigenvalue weighted by atomic mass is 79.9. The van der Waals surface area contributed by atoms with E-state index in [2.05, 4.69) is 28.2 Å². The molecule has 19 heavy (non-hydrogen) atoms. The number of benzene rings is 1. The third kappa shape index (κ3) is 2.75. The van der Waals surface area contributed by atoms with Crippen molar-refractivity contribution < 1.29 is 9.47 Å². The molecule has 0 aromatic heterocycles. The lowest BCUT2D eigenvalue weighted by molar-refractivity contribution is 0.343. The van der Waals surface area contributed by atoms with Crippen LogP contribution in [0.1, 0.15) is 36.9 Å². The third-order valence-electron chi connectivity index (χ3n) is 3.99. The maximum atomic E-state index is 5.63. The zero-order chi connectivity index (χ0) is 14.0. The molecule has 1 aromatic carbocycles. The van der Waals surface area contributed by atoms with Gasteiger partial charge in [0.1, 0.15) is 0 Å². The van der Waals surface area contributed by atoms with Crippen molar-refractivity contribution in [3.05, 3.63) is 21.7 Å². The van der Waals surface area contributed by atoms with E-state index >= 15 is 0 Å². The van der Waals surface area contributed by atoms with Gasteiger partial charge in [-0.2, -0.15) is 0 Å². The summed E-state index contributed by atoms with van der Waals surface area (Å²) in [6.07, 6.45) is 3.41. The highest BCUT2D eigenvalue weighted by Crippen LogP contribution is 2.45. The molecular weight excluding hydrogens is 306 g/mol. The van der Waals surface area contributed by atoms with Crippen LogP contribution >= 0.6 is 15.9 Å². The second kappa shape index (κ2) is 6.14. The Morgan fingerprint density at radius 3 is 2.63 bits per heavy atom. The zero-order valence-electron chi connectivity index (χ0n) is 12.0. The van der Waals surface area contributed by atoms with E-state index in [4.69, 9.17) is 9.47 Å². The van der Waals surface area contributed by atoms with Crippen molar-refractivity contribution >= 4 is 15.9 Å². The molecule has 2 unspecified atom stereocenters. The molecule has 0 heterocycles. The van der Waals surface area contributed by atoms with Crippen LogP contribution in [0.3, 0.4) is 0 Å². The number of halogens is 1. The van der Waals surface area contributed by atoms with Crippen LogP contribution in [0.2, 0.25) is 0 Å². The average molecular weight is 328 g/mol. The fourth-order valence-corrected chi connectivity index (χ4v) is 3.56. The van der Waals surface area contributed by atoms with Crippen LogP contribution in [-0.2, 0) is 6.42 Å². The van der Waals surface area contributed by atoms with Crippen molar-refractivity contribution in [2.45, 2.75) is 32.2 Å². The fraction of sp³-hybridized carbons (Fsp3) is 0.600. The smallest absolute Gasteiger partial charge is 0.165 e. The largest absolute Gasteiger partial charge is 0.493 e. The van der Waals surface area contributed by atoms with Crippen LogP contribution in [-0.4, -0.2) is 21.3 Å². The van der Waals surface area contributed by atoms with E-state index in [9.17, 15) is 0 Å². The maximum Gasteiger partial charge on any atom is 0.165 e. The topological polar surface area (TPSA) is 30.5 Å². The third-order valence-corrected chi connectivity index (χ3v) is 4.69. The molecule has 0 bridgehead atoms. The van der Waals surface area contributed by atoms with E-state index < -0.39 is 0 Å². The van der Waals surface area contributed by atoms with Gasteiger partial charge in [0.15, 0.2) is 11.5 Å². The van der Waals surface area contributed by atoms with Crippen molar-refractivity contribution in [1.29, 1.82) is 0 Å². The summed E-state index contributed by atoms with van der Waals surface area (Å²) >= 11 is 3.69. The standard InChI is InChI=1S/C15H22BrNO2/c1-9-5-6-10-11(16)8-13(18-3)15(19-4)14(10)12(7-9)17-2/h8-9,12,17H,5-7H2,1-4H3. The number of methoxy groups -OCH3 is 2. The zero-order valence-corrected chi connectivity index (χ0v) is 13.6. The minimum Gasteiger partial charge on any atom is -0.493 e. The second-order valence-electron chi connectivity index (χ2n) is 5.21. The van der Waals surface area contributed by atoms with Crippen molar-refractivity contribution in [3.8, 4) is 11.5 Å². The number of fused-ring (bicyclic) bond motifs is 1. The molecule has 1 aliphatic rings. The van der Waals surface area contributed by atoms with Crippen molar-refractivity contribution in [1.82, 2.24) is 5.32 Å². The molecule has 3 nitrogen and oxygen atoms in total. The van der Waals surface area contributed by atoms with Gasteiger partial charge in [-0.1, -0.05) is 22.9 Å². The Morgan fingerprint density at radius 1 is 1.32 bits per heavy atom. The molecule has 0 saturated carbocycles. The Labute approximate surface area is 123 Å². The van der Waals surface area contributed by atoms with E-state index in [-0.39, 0.29) is 0 Å². The van der Waals surface area contributed by atoms with E-state index in [0.717, 1.165) is 28.8 Å². The van der Waals surface area contributed by atoms with Crippen LogP contribution < -0.4 is 14.8 Å². The summed E-state index contributed by atoms with van der Waals surface area (Å²) in [5.41, 5.74) is 2.60. The normalized spacial score (nSPS) is 22.6. The van der Waals surface area contributed by atoms with Gasteiger partial charge in [-0.15, -0.1) is 0 Å². The Hall–Kier alpha value is -0.740. The lowest BCUT2D eigenvalue weighted by atomic mass is 9.96. The lowest BCUT2D eigenvalue weighted by Gasteiger charge is -2.23. The number of hydrogen-bond acceptors (Lipinski definition) is 3. The summed E-state index contributed by atoms with van der Waals surface area (Å²) in [4.78, 5) is 0. The molecule has 1 N–H and O–H groups in total. The minimum atomic E-state index is 0.314. The van der Waals surface area contributed by atoms with E-state index in [1.54, 1.807) is 14.2 Å². The van der Waals surface area contributed by atoms with Crippen molar-refractivity contribution in [3.63, 3.8) is 0 Å². The summed E-state index contributed by atoms with van der Waals surface area (Å²) in [5, 5.41) is 3.43. The van der Waals surface area contributed by atoms with Crippen LogP contribution in [0.5, 0.6) is 11.5 Å². The first-order chi connectivity index (χ1) is 9.12. The summed E-state index contributed by atoms with van der Waals surface area (Å²) in [6, 6.07) is 2.33. The Bertz CT molecular complexity index is 462. The molecular formula is C15H22BrNO2. The molecule has 0 radical (unpaired) electrons. The number of ether oxygens (including phenoxy) is 2. The minimum absolute atomic E-state index is 0.314. The van der Waals surface area contributed by atoms with Gasteiger partial charge in [0.25, 0.3) is 0 Å². The van der Waals surface area contributed by atoms with E-state index in [1.807, 2.05) is 13.1 Å². The van der Waals surface area contributed by atoms with Gasteiger partial charge in [-0.25, -0.2) is 0 Å². The highest BCUT2D eigenvalue weighted by Gasteiger charge is 2.28. The van der Waals surface area contributed by atoms with Crippen LogP contribution in [0, 0.1) is 5.92 Å². The Morgan fingerprint density at radius 2 is 2.05 bits per heavy atom. The first kappa shape index (κ1) is 14.7. The summed E-state index contributed by atoms with van der Waals surface area (Å²) in [7, 11) is 5.41. The van der Waals surface area contributed by atoms with Crippen LogP contribution in [0.4, 0.5) is 0 Å². The number of rotatable bonds is 3. The highest BCUT2D eigenvalue weighted by molar-refractivity contribution is 9.10. The van der Waals surface area contributed by atoms with Gasteiger partial charge in [-0.05, 0) is 43.9 Å². The van der Waals surface area contributed by atoms with Gasteiger partial charge < -0.3 is 14.8 Å². The Kier molecular flexibility index (Phi) is 4.74. The van der Waals surface area contributed by atoms with Crippen LogP contribution in [0.15, 0.2) is 10.5 Å². The molecule has 0 aliphatic heterocycles. The number of hydrogen-bond donors (Lipinski definition) is 1. The SMILES string of the molecule is CNC1CC(C)CCc2c(Br)cc(OC)c(OC)c21. The van der Waals surface area contributed by atoms with Gasteiger partial charge >= 0.3 is 0 Å². The van der Waals surface area contributed by atoms with Gasteiger partial charge in [0.05, 0.1) is 14.2 Å². The van der Waals surface area contributed by atoms with Crippen LogP contribution in [0.25, 0.3) is 0 Å². The average Bonchev–Trinajstić information content (AvgIpc) is 2.58. The molecule has 2 rings (SSSR count). The quantitative estimate of drug-likeness (QED) is 0.858. The van der Waals surface area contributed by atoms with Gasteiger partial charge in [0, 0.05) is 16.1 Å². The van der Waals surface area contributed by atoms with Gasteiger partial charge in [0.2, 0.25) is 0 Å². The Balaban J connectivity index is 2.63. The first-order valence-corrected chi connectivity index (χ1v) is 7.52. The summed E-state index contributed by atoms with van der Waals surface area (Å²) in [6.45, 7) is 2.31. The fourth-order valence-electron chi connectivity index (χ4n) is 2.94. The lowest BCUT2D eigenvalue weighted by Crippen LogP contribution is -2.19. The summed E-state index contributed by atoms with van der Waals surface area (Å²) in [5.74, 6) is 2.37. The molecule has 1 aliphatic carbocycles. The maximum absolute atomic E-state index is 5.63. The summed E-state index contributed by atoms with van der Waals surface area (Å²) < 4.78 is 12.2. The van der Waals surface area contributed by atoms with Gasteiger partial charge in [-0.3, -0.25) is 0 Å².